The van der Waals surface area contributed by atoms with Gasteiger partial charge < -0.3 is 4.74 Å². The van der Waals surface area contributed by atoms with Crippen molar-refractivity contribution in [3.63, 3.8) is 0 Å². The first-order valence-electron chi connectivity index (χ1n) is 8.25. The molecule has 25 heavy (non-hydrogen) atoms. The molecule has 7 heteroatoms. The number of hydrazone groups is 1. The molecule has 0 saturated carbocycles. The van der Waals surface area contributed by atoms with Crippen LogP contribution in [0.2, 0.25) is 0 Å². The number of fused-ring (bicyclic) bond motifs is 1. The van der Waals surface area contributed by atoms with Crippen molar-refractivity contribution in [3.8, 4) is 0 Å². The summed E-state index contributed by atoms with van der Waals surface area (Å²) in [7, 11) is 0. The van der Waals surface area contributed by atoms with Gasteiger partial charge in [-0.3, -0.25) is 14.8 Å². The number of benzene rings is 1. The zero-order chi connectivity index (χ0) is 17.8. The van der Waals surface area contributed by atoms with Crippen molar-refractivity contribution in [2.45, 2.75) is 26.8 Å². The molecule has 2 aromatic rings. The van der Waals surface area contributed by atoms with Gasteiger partial charge in [-0.2, -0.15) is 5.10 Å². The Morgan fingerprint density at radius 1 is 1.40 bits per heavy atom. The Morgan fingerprint density at radius 2 is 2.16 bits per heavy atom. The summed E-state index contributed by atoms with van der Waals surface area (Å²) in [4.78, 5) is 28.9. The van der Waals surface area contributed by atoms with E-state index < -0.39 is 5.97 Å². The molecule has 0 fully saturated rings. The predicted octanol–water partition coefficient (Wildman–Crippen LogP) is 2.28. The molecule has 0 aliphatic carbocycles. The van der Waals surface area contributed by atoms with Gasteiger partial charge in [-0.25, -0.2) is 9.78 Å². The second-order valence-electron chi connectivity index (χ2n) is 5.98. The van der Waals surface area contributed by atoms with Crippen molar-refractivity contribution in [2.24, 2.45) is 11.0 Å². The summed E-state index contributed by atoms with van der Waals surface area (Å²) < 4.78 is 6.43. The lowest BCUT2D eigenvalue weighted by molar-refractivity contribution is 0.0522. The van der Waals surface area contributed by atoms with Gasteiger partial charge in [0, 0.05) is 12.7 Å². The number of nitrogens with one attached hydrogen (secondary N) is 1. The molecule has 1 aliphatic heterocycles. The molecule has 0 amide bonds. The minimum absolute atomic E-state index is 0.0462. The Kier molecular flexibility index (Phi) is 4.92. The first-order chi connectivity index (χ1) is 12.1. The van der Waals surface area contributed by atoms with E-state index in [1.165, 1.54) is 10.8 Å². The molecule has 130 valence electrons. The smallest absolute Gasteiger partial charge is 0.345 e. The van der Waals surface area contributed by atoms with Crippen LogP contribution in [0.5, 0.6) is 0 Å². The number of nitrogens with zero attached hydrogens (tertiary/aromatic N) is 3. The lowest BCUT2D eigenvalue weighted by Crippen LogP contribution is -2.38. The lowest BCUT2D eigenvalue weighted by atomic mass is 9.99. The van der Waals surface area contributed by atoms with Crippen LogP contribution in [-0.4, -0.2) is 27.8 Å². The third-order valence-corrected chi connectivity index (χ3v) is 3.93. The van der Waals surface area contributed by atoms with Crippen LogP contribution >= 0.6 is 0 Å². The molecule has 2 heterocycles. The number of ether oxygens (including phenoxy) is 1. The number of hydrogen-bond acceptors (Lipinski definition) is 6. The van der Waals surface area contributed by atoms with E-state index in [0.29, 0.717) is 24.5 Å². The SMILES string of the molecule is CCOC(=O)c1cnc2n(c1=O)CC(C)C/C2=N/Nc1ccccc1. The summed E-state index contributed by atoms with van der Waals surface area (Å²) in [5, 5.41) is 4.43. The maximum absolute atomic E-state index is 12.6. The number of para-hydroxylation sites is 1. The van der Waals surface area contributed by atoms with Crippen LogP contribution in [-0.2, 0) is 11.3 Å². The van der Waals surface area contributed by atoms with Gasteiger partial charge in [-0.15, -0.1) is 0 Å². The minimum Gasteiger partial charge on any atom is -0.462 e. The third kappa shape index (κ3) is 3.60. The molecule has 0 saturated heterocycles. The molecular weight excluding hydrogens is 320 g/mol. The first kappa shape index (κ1) is 16.9. The average Bonchev–Trinajstić information content (AvgIpc) is 2.61. The second-order valence-corrected chi connectivity index (χ2v) is 5.98. The summed E-state index contributed by atoms with van der Waals surface area (Å²) >= 11 is 0. The van der Waals surface area contributed by atoms with Crippen molar-refractivity contribution in [1.82, 2.24) is 9.55 Å². The molecule has 1 unspecified atom stereocenters. The Bertz CT molecular complexity index is 858. The molecule has 3 rings (SSSR count). The van der Waals surface area contributed by atoms with Crippen molar-refractivity contribution in [3.05, 3.63) is 58.3 Å². The molecule has 7 nitrogen and oxygen atoms in total. The van der Waals surface area contributed by atoms with Gasteiger partial charge in [-0.1, -0.05) is 25.1 Å². The van der Waals surface area contributed by atoms with E-state index in [1.807, 2.05) is 37.3 Å². The van der Waals surface area contributed by atoms with E-state index in [4.69, 9.17) is 4.74 Å². The molecule has 1 atom stereocenters. The van der Waals surface area contributed by atoms with E-state index in [2.05, 4.69) is 15.5 Å². The van der Waals surface area contributed by atoms with Crippen molar-refractivity contribution < 1.29 is 9.53 Å². The summed E-state index contributed by atoms with van der Waals surface area (Å²) in [6.45, 7) is 4.44. The van der Waals surface area contributed by atoms with Crippen LogP contribution in [0, 0.1) is 5.92 Å². The van der Waals surface area contributed by atoms with Gasteiger partial charge in [0.05, 0.1) is 12.3 Å². The molecule has 1 aromatic heterocycles. The average molecular weight is 340 g/mol. The molecular formula is C18H20N4O3. The molecule has 0 bridgehead atoms. The first-order valence-corrected chi connectivity index (χ1v) is 8.25. The number of hydrogen-bond donors (Lipinski definition) is 1. The maximum atomic E-state index is 12.6. The fourth-order valence-corrected chi connectivity index (χ4v) is 2.78. The third-order valence-electron chi connectivity index (χ3n) is 3.93. The summed E-state index contributed by atoms with van der Waals surface area (Å²) in [5.41, 5.74) is 4.10. The Morgan fingerprint density at radius 3 is 2.88 bits per heavy atom. The quantitative estimate of drug-likeness (QED) is 0.682. The molecule has 1 N–H and O–H groups in total. The van der Waals surface area contributed by atoms with E-state index >= 15 is 0 Å². The highest BCUT2D eigenvalue weighted by molar-refractivity contribution is 5.99. The number of carbonyl (C=O) groups is 1. The van der Waals surface area contributed by atoms with Gasteiger partial charge in [0.15, 0.2) is 5.82 Å². The van der Waals surface area contributed by atoms with E-state index in [-0.39, 0.29) is 23.6 Å². The normalized spacial score (nSPS) is 17.8. The van der Waals surface area contributed by atoms with Crippen LogP contribution < -0.4 is 11.0 Å². The van der Waals surface area contributed by atoms with E-state index in [0.717, 1.165) is 5.69 Å². The standard InChI is InChI=1S/C18H20N4O3/c1-3-25-18(24)14-10-19-16-15(9-12(2)11-22(16)17(14)23)21-20-13-7-5-4-6-8-13/h4-8,10,12,20H,3,9,11H2,1-2H3/b21-15-. The molecule has 0 radical (unpaired) electrons. The Balaban J connectivity index is 1.97. The monoisotopic (exact) mass is 340 g/mol. The lowest BCUT2D eigenvalue weighted by Gasteiger charge is -2.24. The summed E-state index contributed by atoms with van der Waals surface area (Å²) in [6.07, 6.45) is 1.98. The summed E-state index contributed by atoms with van der Waals surface area (Å²) in [6, 6.07) is 9.55. The zero-order valence-corrected chi connectivity index (χ0v) is 14.2. The maximum Gasteiger partial charge on any atom is 0.345 e. The van der Waals surface area contributed by atoms with Crippen LogP contribution in [0.15, 0.2) is 46.4 Å². The highest BCUT2D eigenvalue weighted by atomic mass is 16.5. The van der Waals surface area contributed by atoms with E-state index in [9.17, 15) is 9.59 Å². The van der Waals surface area contributed by atoms with Gasteiger partial charge >= 0.3 is 5.97 Å². The largest absolute Gasteiger partial charge is 0.462 e. The van der Waals surface area contributed by atoms with Gasteiger partial charge in [-0.05, 0) is 31.4 Å². The van der Waals surface area contributed by atoms with Crippen molar-refractivity contribution in [2.75, 3.05) is 12.0 Å². The van der Waals surface area contributed by atoms with Crippen LogP contribution in [0.25, 0.3) is 0 Å². The van der Waals surface area contributed by atoms with E-state index in [1.54, 1.807) is 6.92 Å². The minimum atomic E-state index is -0.644. The number of anilines is 1. The number of carbonyl (C=O) groups excluding carboxylic acids is 1. The zero-order valence-electron chi connectivity index (χ0n) is 14.2. The Labute approximate surface area is 145 Å². The number of rotatable bonds is 4. The number of esters is 1. The van der Waals surface area contributed by atoms with Gasteiger partial charge in [0.25, 0.3) is 5.56 Å². The van der Waals surface area contributed by atoms with Crippen LogP contribution in [0.4, 0.5) is 5.69 Å². The molecule has 1 aliphatic rings. The fourth-order valence-electron chi connectivity index (χ4n) is 2.78. The van der Waals surface area contributed by atoms with Crippen molar-refractivity contribution in [1.29, 1.82) is 0 Å². The molecule has 0 spiro atoms. The topological polar surface area (TPSA) is 85.6 Å². The predicted molar refractivity (Wildman–Crippen MR) is 94.8 cm³/mol. The fraction of sp³-hybridized carbons (Fsp3) is 0.333. The van der Waals surface area contributed by atoms with Crippen molar-refractivity contribution >= 4 is 17.4 Å². The Hall–Kier alpha value is -2.96. The van der Waals surface area contributed by atoms with Gasteiger partial charge in [0.1, 0.15) is 11.3 Å². The highest BCUT2D eigenvalue weighted by Crippen LogP contribution is 2.18. The van der Waals surface area contributed by atoms with Crippen LogP contribution in [0.3, 0.4) is 0 Å². The van der Waals surface area contributed by atoms with Gasteiger partial charge in [0.2, 0.25) is 0 Å². The second kappa shape index (κ2) is 7.29. The summed E-state index contributed by atoms with van der Waals surface area (Å²) in [5.74, 6) is 0.0507. The number of aromatic nitrogens is 2. The molecule has 1 aromatic carbocycles. The van der Waals surface area contributed by atoms with Crippen LogP contribution in [0.1, 0.15) is 36.5 Å². The highest BCUT2D eigenvalue weighted by Gasteiger charge is 2.26.